The van der Waals surface area contributed by atoms with Gasteiger partial charge in [0.05, 0.1) is 11.0 Å². The Labute approximate surface area is 180 Å². The van der Waals surface area contributed by atoms with Crippen LogP contribution in [0.4, 0.5) is 8.78 Å². The molecule has 0 spiro atoms. The van der Waals surface area contributed by atoms with Crippen LogP contribution in [0.5, 0.6) is 0 Å². The number of halogens is 2. The molecule has 2 heterocycles. The first-order chi connectivity index (χ1) is 14.1. The summed E-state index contributed by atoms with van der Waals surface area (Å²) in [5.74, 6) is -1.24. The fourth-order valence-corrected chi connectivity index (χ4v) is 5.33. The number of nitrogens with zero attached hydrogens (tertiary/aromatic N) is 3. The van der Waals surface area contributed by atoms with Gasteiger partial charge in [0, 0.05) is 42.8 Å². The van der Waals surface area contributed by atoms with E-state index in [1.165, 1.54) is 0 Å². The lowest BCUT2D eigenvalue weighted by atomic mass is 9.86. The summed E-state index contributed by atoms with van der Waals surface area (Å²) in [4.78, 5) is 16.5. The van der Waals surface area contributed by atoms with Gasteiger partial charge in [-0.3, -0.25) is 4.79 Å². The molecule has 1 saturated carbocycles. The maximum absolute atomic E-state index is 13.6. The highest BCUT2D eigenvalue weighted by molar-refractivity contribution is 7.97. The standard InChI is InChI=1S/C22H29F2N3O2S/c1-21(2,3)20-25-18-10-17(30-26-12-16(13-26)29-14-28)4-5-19(18)27(20)11-15-6-8-22(23,24)9-7-15/h4-5,10,14-16H,6-9,11-13H2,1-3H3. The van der Waals surface area contributed by atoms with E-state index in [-0.39, 0.29) is 30.3 Å². The molecule has 30 heavy (non-hydrogen) atoms. The molecule has 4 rings (SSSR count). The van der Waals surface area contributed by atoms with Crippen molar-refractivity contribution in [1.82, 2.24) is 13.9 Å². The quantitative estimate of drug-likeness (QED) is 0.469. The highest BCUT2D eigenvalue weighted by atomic mass is 32.2. The maximum Gasteiger partial charge on any atom is 0.293 e. The summed E-state index contributed by atoms with van der Waals surface area (Å²) < 4.78 is 36.5. The lowest BCUT2D eigenvalue weighted by Crippen LogP contribution is -2.47. The maximum atomic E-state index is 13.6. The number of aromatic nitrogens is 2. The molecule has 1 aromatic carbocycles. The Morgan fingerprint density at radius 3 is 2.60 bits per heavy atom. The van der Waals surface area contributed by atoms with Gasteiger partial charge < -0.3 is 9.30 Å². The van der Waals surface area contributed by atoms with E-state index in [0.29, 0.717) is 19.3 Å². The second-order valence-corrected chi connectivity index (χ2v) is 10.7. The predicted molar refractivity (Wildman–Crippen MR) is 114 cm³/mol. The van der Waals surface area contributed by atoms with Gasteiger partial charge in [-0.05, 0) is 48.9 Å². The first-order valence-electron chi connectivity index (χ1n) is 10.6. The van der Waals surface area contributed by atoms with Crippen LogP contribution in [0.3, 0.4) is 0 Å². The van der Waals surface area contributed by atoms with Crippen LogP contribution in [-0.4, -0.2) is 45.4 Å². The van der Waals surface area contributed by atoms with Crippen molar-refractivity contribution in [2.75, 3.05) is 13.1 Å². The third kappa shape index (κ3) is 4.64. The Morgan fingerprint density at radius 1 is 1.27 bits per heavy atom. The van der Waals surface area contributed by atoms with E-state index < -0.39 is 5.92 Å². The summed E-state index contributed by atoms with van der Waals surface area (Å²) in [5, 5.41) is 0. The number of fused-ring (bicyclic) bond motifs is 1. The van der Waals surface area contributed by atoms with Gasteiger partial charge in [-0.1, -0.05) is 20.8 Å². The molecule has 164 valence electrons. The number of hydrogen-bond donors (Lipinski definition) is 0. The molecule has 2 aliphatic rings. The molecule has 0 unspecified atom stereocenters. The second kappa shape index (κ2) is 8.11. The van der Waals surface area contributed by atoms with E-state index in [1.54, 1.807) is 11.9 Å². The SMILES string of the molecule is CC(C)(C)c1nc2cc(SN3CC(OC=O)C3)ccc2n1CC1CCC(F)(F)CC1. The van der Waals surface area contributed by atoms with Gasteiger partial charge in [0.25, 0.3) is 6.47 Å². The van der Waals surface area contributed by atoms with Gasteiger partial charge in [0.1, 0.15) is 11.9 Å². The van der Waals surface area contributed by atoms with Crippen molar-refractivity contribution >= 4 is 29.5 Å². The van der Waals surface area contributed by atoms with Gasteiger partial charge in [-0.25, -0.2) is 18.1 Å². The molecule has 0 bridgehead atoms. The van der Waals surface area contributed by atoms with E-state index in [0.717, 1.165) is 41.4 Å². The number of carbonyl (C=O) groups is 1. The highest BCUT2D eigenvalue weighted by Crippen LogP contribution is 2.38. The van der Waals surface area contributed by atoms with Gasteiger partial charge in [-0.2, -0.15) is 0 Å². The summed E-state index contributed by atoms with van der Waals surface area (Å²) in [5.41, 5.74) is 1.86. The van der Waals surface area contributed by atoms with Crippen LogP contribution in [0.2, 0.25) is 0 Å². The number of rotatable bonds is 6. The Hall–Kier alpha value is -1.67. The molecule has 5 nitrogen and oxygen atoms in total. The fraction of sp³-hybridized carbons (Fsp3) is 0.636. The van der Waals surface area contributed by atoms with Crippen molar-refractivity contribution in [1.29, 1.82) is 0 Å². The van der Waals surface area contributed by atoms with Crippen molar-refractivity contribution in [3.05, 3.63) is 24.0 Å². The number of carbonyl (C=O) groups excluding carboxylic acids is 1. The fourth-order valence-electron chi connectivity index (χ4n) is 4.25. The number of imidazole rings is 1. The molecule has 0 N–H and O–H groups in total. The van der Waals surface area contributed by atoms with E-state index in [4.69, 9.17) is 9.72 Å². The molecule has 8 heteroatoms. The molecule has 2 fully saturated rings. The van der Waals surface area contributed by atoms with E-state index >= 15 is 0 Å². The van der Waals surface area contributed by atoms with Crippen molar-refractivity contribution < 1.29 is 18.3 Å². The zero-order valence-electron chi connectivity index (χ0n) is 17.7. The van der Waals surface area contributed by atoms with Crippen LogP contribution < -0.4 is 0 Å². The molecular weight excluding hydrogens is 408 g/mol. The smallest absolute Gasteiger partial charge is 0.293 e. The summed E-state index contributed by atoms with van der Waals surface area (Å²) in [6, 6.07) is 6.27. The first-order valence-corrected chi connectivity index (χ1v) is 11.3. The third-order valence-electron chi connectivity index (χ3n) is 5.97. The van der Waals surface area contributed by atoms with Gasteiger partial charge >= 0.3 is 0 Å². The summed E-state index contributed by atoms with van der Waals surface area (Å²) in [7, 11) is 0. The van der Waals surface area contributed by atoms with Crippen LogP contribution in [0.1, 0.15) is 52.3 Å². The second-order valence-electron chi connectivity index (χ2n) is 9.54. The third-order valence-corrected chi connectivity index (χ3v) is 6.99. The van der Waals surface area contributed by atoms with Crippen molar-refractivity contribution in [2.45, 2.75) is 75.3 Å². The molecule has 0 amide bonds. The molecule has 1 aliphatic heterocycles. The zero-order chi connectivity index (χ0) is 21.5. The molecular formula is C22H29F2N3O2S. The van der Waals surface area contributed by atoms with Crippen molar-refractivity contribution in [2.24, 2.45) is 5.92 Å². The average Bonchev–Trinajstić information content (AvgIpc) is 3.00. The largest absolute Gasteiger partial charge is 0.462 e. The number of ether oxygens (including phenoxy) is 1. The summed E-state index contributed by atoms with van der Waals surface area (Å²) >= 11 is 1.64. The van der Waals surface area contributed by atoms with Gasteiger partial charge in [-0.15, -0.1) is 0 Å². The highest BCUT2D eigenvalue weighted by Gasteiger charge is 2.36. The van der Waals surface area contributed by atoms with E-state index in [9.17, 15) is 13.6 Å². The molecule has 2 aromatic rings. The predicted octanol–water partition coefficient (Wildman–Crippen LogP) is 5.02. The van der Waals surface area contributed by atoms with Crippen LogP contribution in [0.15, 0.2) is 23.1 Å². The molecule has 1 aliphatic carbocycles. The number of benzene rings is 1. The molecule has 1 saturated heterocycles. The minimum absolute atomic E-state index is 0.0133. The normalized spacial score (nSPS) is 21.0. The summed E-state index contributed by atoms with van der Waals surface area (Å²) in [6.07, 6.45) is 1.07. The zero-order valence-corrected chi connectivity index (χ0v) is 18.6. The molecule has 1 aromatic heterocycles. The Balaban J connectivity index is 1.54. The van der Waals surface area contributed by atoms with E-state index in [2.05, 4.69) is 47.8 Å². The van der Waals surface area contributed by atoms with Crippen molar-refractivity contribution in [3.63, 3.8) is 0 Å². The lowest BCUT2D eigenvalue weighted by Gasteiger charge is -2.36. The topological polar surface area (TPSA) is 47.4 Å². The van der Waals surface area contributed by atoms with Crippen molar-refractivity contribution in [3.8, 4) is 0 Å². The molecule has 0 radical (unpaired) electrons. The van der Waals surface area contributed by atoms with Gasteiger partial charge in [0.2, 0.25) is 5.92 Å². The lowest BCUT2D eigenvalue weighted by molar-refractivity contribution is -0.138. The molecule has 0 atom stereocenters. The Morgan fingerprint density at radius 2 is 1.97 bits per heavy atom. The van der Waals surface area contributed by atoms with Crippen LogP contribution in [0.25, 0.3) is 11.0 Å². The Bertz CT molecular complexity index is 909. The van der Waals surface area contributed by atoms with Crippen LogP contribution >= 0.6 is 11.9 Å². The van der Waals surface area contributed by atoms with Crippen LogP contribution in [0, 0.1) is 5.92 Å². The minimum atomic E-state index is -2.50. The monoisotopic (exact) mass is 437 g/mol. The van der Waals surface area contributed by atoms with Crippen LogP contribution in [-0.2, 0) is 21.5 Å². The van der Waals surface area contributed by atoms with Gasteiger partial charge in [0.15, 0.2) is 0 Å². The Kier molecular flexibility index (Phi) is 5.83. The average molecular weight is 438 g/mol. The first kappa shape index (κ1) is 21.6. The minimum Gasteiger partial charge on any atom is -0.462 e. The van der Waals surface area contributed by atoms with E-state index in [1.807, 2.05) is 0 Å². The number of hydrogen-bond acceptors (Lipinski definition) is 5. The summed E-state index contributed by atoms with van der Waals surface area (Å²) in [6.45, 7) is 9.11. The number of alkyl halides is 2.